The molecule has 0 saturated heterocycles. The van der Waals surface area contributed by atoms with E-state index in [1.54, 1.807) is 0 Å². The number of hydrogen-bond donors (Lipinski definition) is 0. The molecule has 0 unspecified atom stereocenters. The van der Waals surface area contributed by atoms with Crippen LogP contribution in [-0.4, -0.2) is 0 Å². The Morgan fingerprint density at radius 1 is 0.875 bits per heavy atom. The Morgan fingerprint density at radius 3 is 2.12 bits per heavy atom. The molecule has 0 aliphatic carbocycles. The Morgan fingerprint density at radius 2 is 1.50 bits per heavy atom. The Balaban J connectivity index is 2.20. The first-order valence-corrected chi connectivity index (χ1v) is 7.05. The van der Waals surface area contributed by atoms with Gasteiger partial charge in [-0.1, -0.05) is 35.5 Å². The first-order chi connectivity index (χ1) is 7.65. The van der Waals surface area contributed by atoms with E-state index in [0.29, 0.717) is 0 Å². The van der Waals surface area contributed by atoms with Crippen molar-refractivity contribution in [1.82, 2.24) is 0 Å². The molecule has 0 bridgehead atoms. The van der Waals surface area contributed by atoms with Crippen molar-refractivity contribution in [3.63, 3.8) is 0 Å². The summed E-state index contributed by atoms with van der Waals surface area (Å²) in [4.78, 5) is 2.60. The van der Waals surface area contributed by atoms with Gasteiger partial charge >= 0.3 is 0 Å². The molecule has 0 nitrogen and oxygen atoms in total. The second kappa shape index (κ2) is 5.23. The maximum Gasteiger partial charge on any atom is 0.0170 e. The van der Waals surface area contributed by atoms with Gasteiger partial charge in [0.1, 0.15) is 0 Å². The highest BCUT2D eigenvalue weighted by atomic mass is 127. The smallest absolute Gasteiger partial charge is 0.0170 e. The summed E-state index contributed by atoms with van der Waals surface area (Å²) < 4.78 is 1.33. The fourth-order valence-corrected chi connectivity index (χ4v) is 2.96. The number of hydrogen-bond acceptors (Lipinski definition) is 1. The zero-order chi connectivity index (χ0) is 11.5. The monoisotopic (exact) mass is 340 g/mol. The zero-order valence-corrected chi connectivity index (χ0v) is 12.3. The van der Waals surface area contributed by atoms with Crippen LogP contribution in [0.1, 0.15) is 11.1 Å². The Kier molecular flexibility index (Phi) is 3.92. The van der Waals surface area contributed by atoms with Crippen LogP contribution in [0, 0.1) is 17.4 Å². The highest BCUT2D eigenvalue weighted by molar-refractivity contribution is 14.1. The van der Waals surface area contributed by atoms with E-state index < -0.39 is 0 Å². The molecule has 2 aromatic carbocycles. The van der Waals surface area contributed by atoms with Crippen molar-refractivity contribution in [2.75, 3.05) is 0 Å². The number of aryl methyl sites for hydroxylation is 2. The molecule has 0 aliphatic rings. The van der Waals surface area contributed by atoms with E-state index in [4.69, 9.17) is 0 Å². The maximum absolute atomic E-state index is 2.38. The van der Waals surface area contributed by atoms with Crippen molar-refractivity contribution in [3.8, 4) is 0 Å². The van der Waals surface area contributed by atoms with Crippen molar-refractivity contribution in [1.29, 1.82) is 0 Å². The van der Waals surface area contributed by atoms with E-state index in [-0.39, 0.29) is 0 Å². The van der Waals surface area contributed by atoms with E-state index in [9.17, 15) is 0 Å². The van der Waals surface area contributed by atoms with Crippen LogP contribution in [0.15, 0.2) is 52.3 Å². The molecule has 0 radical (unpaired) electrons. The van der Waals surface area contributed by atoms with Gasteiger partial charge in [-0.25, -0.2) is 0 Å². The molecule has 82 valence electrons. The highest BCUT2D eigenvalue weighted by Gasteiger charge is 2.00. The molecule has 0 saturated carbocycles. The van der Waals surface area contributed by atoms with Gasteiger partial charge in [0.2, 0.25) is 0 Å². The normalized spacial score (nSPS) is 10.4. The van der Waals surface area contributed by atoms with E-state index >= 15 is 0 Å². The minimum atomic E-state index is 1.30. The first kappa shape index (κ1) is 12.0. The van der Waals surface area contributed by atoms with Gasteiger partial charge in [-0.15, -0.1) is 0 Å². The van der Waals surface area contributed by atoms with Crippen LogP contribution in [0.4, 0.5) is 0 Å². The number of rotatable bonds is 2. The highest BCUT2D eigenvalue weighted by Crippen LogP contribution is 2.29. The summed E-state index contributed by atoms with van der Waals surface area (Å²) in [5.74, 6) is 0. The van der Waals surface area contributed by atoms with Gasteiger partial charge < -0.3 is 0 Å². The van der Waals surface area contributed by atoms with Crippen molar-refractivity contribution >= 4 is 34.4 Å². The van der Waals surface area contributed by atoms with Crippen molar-refractivity contribution < 1.29 is 0 Å². The minimum absolute atomic E-state index is 1.30. The lowest BCUT2D eigenvalue weighted by Crippen LogP contribution is -1.81. The van der Waals surface area contributed by atoms with E-state index in [0.717, 1.165) is 0 Å². The van der Waals surface area contributed by atoms with Gasteiger partial charge in [0.25, 0.3) is 0 Å². The molecular weight excluding hydrogens is 327 g/mol. The van der Waals surface area contributed by atoms with Crippen LogP contribution in [0.25, 0.3) is 0 Å². The van der Waals surface area contributed by atoms with E-state index in [2.05, 4.69) is 78.9 Å². The Bertz CT molecular complexity index is 489. The molecule has 0 aliphatic heterocycles. The molecule has 16 heavy (non-hydrogen) atoms. The summed E-state index contributed by atoms with van der Waals surface area (Å²) in [5.41, 5.74) is 2.65. The molecule has 2 heteroatoms. The second-order valence-corrected chi connectivity index (χ2v) is 6.14. The molecule has 0 N–H and O–H groups in total. The summed E-state index contributed by atoms with van der Waals surface area (Å²) in [5, 5.41) is 0. The molecule has 2 rings (SSSR count). The summed E-state index contributed by atoms with van der Waals surface area (Å²) in [7, 11) is 0. The first-order valence-electron chi connectivity index (χ1n) is 5.16. The molecule has 0 fully saturated rings. The molecule has 0 amide bonds. The lowest BCUT2D eigenvalue weighted by Gasteiger charge is -2.04. The van der Waals surface area contributed by atoms with E-state index in [1.165, 1.54) is 24.5 Å². The number of halogens is 1. The molecule has 0 heterocycles. The minimum Gasteiger partial charge on any atom is -0.0901 e. The zero-order valence-electron chi connectivity index (χ0n) is 9.33. The lowest BCUT2D eigenvalue weighted by molar-refractivity contribution is 1.32. The van der Waals surface area contributed by atoms with Gasteiger partial charge in [0.05, 0.1) is 0 Å². The van der Waals surface area contributed by atoms with Gasteiger partial charge in [-0.05, 0) is 66.3 Å². The van der Waals surface area contributed by atoms with Crippen LogP contribution < -0.4 is 0 Å². The molecular formula is C14H13IS. The molecule has 2 aromatic rings. The Labute approximate surface area is 115 Å². The third kappa shape index (κ3) is 3.01. The summed E-state index contributed by atoms with van der Waals surface area (Å²) in [6.45, 7) is 4.26. The van der Waals surface area contributed by atoms with E-state index in [1.807, 2.05) is 11.8 Å². The van der Waals surface area contributed by atoms with Crippen LogP contribution in [0.5, 0.6) is 0 Å². The van der Waals surface area contributed by atoms with Crippen molar-refractivity contribution in [2.24, 2.45) is 0 Å². The summed E-state index contributed by atoms with van der Waals surface area (Å²) in [6, 6.07) is 15.3. The van der Waals surface area contributed by atoms with Gasteiger partial charge in [-0.3, -0.25) is 0 Å². The van der Waals surface area contributed by atoms with Crippen molar-refractivity contribution in [3.05, 3.63) is 57.2 Å². The fourth-order valence-electron chi connectivity index (χ4n) is 1.38. The van der Waals surface area contributed by atoms with Crippen LogP contribution in [-0.2, 0) is 0 Å². The largest absolute Gasteiger partial charge is 0.0901 e. The maximum atomic E-state index is 2.38. The second-order valence-electron chi connectivity index (χ2n) is 3.83. The third-order valence-corrected chi connectivity index (χ3v) is 4.56. The lowest BCUT2D eigenvalue weighted by atomic mass is 10.2. The summed E-state index contributed by atoms with van der Waals surface area (Å²) >= 11 is 4.20. The number of benzene rings is 2. The van der Waals surface area contributed by atoms with Crippen LogP contribution >= 0.6 is 34.4 Å². The van der Waals surface area contributed by atoms with Gasteiger partial charge in [0, 0.05) is 13.4 Å². The molecule has 0 spiro atoms. The quantitative estimate of drug-likeness (QED) is 0.689. The molecule has 0 aromatic heterocycles. The predicted octanol–water partition coefficient (Wildman–Crippen LogP) is 5.06. The van der Waals surface area contributed by atoms with Crippen molar-refractivity contribution in [2.45, 2.75) is 23.6 Å². The predicted molar refractivity (Wildman–Crippen MR) is 79.2 cm³/mol. The summed E-state index contributed by atoms with van der Waals surface area (Å²) in [6.07, 6.45) is 0. The van der Waals surface area contributed by atoms with Gasteiger partial charge in [0.15, 0.2) is 0 Å². The average molecular weight is 340 g/mol. The molecule has 0 atom stereocenters. The Hall–Kier alpha value is -0.480. The fraction of sp³-hybridized carbons (Fsp3) is 0.143. The average Bonchev–Trinajstić information content (AvgIpc) is 2.27. The van der Waals surface area contributed by atoms with Crippen LogP contribution in [0.3, 0.4) is 0 Å². The third-order valence-electron chi connectivity index (χ3n) is 2.40. The topological polar surface area (TPSA) is 0 Å². The SMILES string of the molecule is Cc1ccc(Sc2ccc(C)c(I)c2)cc1. The van der Waals surface area contributed by atoms with Gasteiger partial charge in [-0.2, -0.15) is 0 Å². The van der Waals surface area contributed by atoms with Crippen LogP contribution in [0.2, 0.25) is 0 Å². The standard InChI is InChI=1S/C14H13IS/c1-10-3-6-12(7-4-10)16-13-8-5-11(2)14(15)9-13/h3-9H,1-2H3.